The fraction of sp³-hybridized carbons (Fsp3) is 0.261. The Morgan fingerprint density at radius 2 is 1.65 bits per heavy atom. The summed E-state index contributed by atoms with van der Waals surface area (Å²) in [4.78, 5) is 12.5. The summed E-state index contributed by atoms with van der Waals surface area (Å²) >= 11 is 0. The summed E-state index contributed by atoms with van der Waals surface area (Å²) in [5, 5.41) is 7.50. The Morgan fingerprint density at radius 1 is 0.971 bits per heavy atom. The van der Waals surface area contributed by atoms with Crippen LogP contribution in [0.2, 0.25) is 0 Å². The molecule has 0 spiro atoms. The number of methoxy groups -OCH3 is 1. The fourth-order valence-electron chi connectivity index (χ4n) is 2.74. The van der Waals surface area contributed by atoms with Gasteiger partial charge >= 0.3 is 0 Å². The van der Waals surface area contributed by atoms with E-state index >= 15 is 0 Å². The Bertz CT molecular complexity index is 1280. The number of nitrogens with one attached hydrogen (secondary N) is 1. The minimum absolute atomic E-state index is 0.00959. The van der Waals surface area contributed by atoms with E-state index in [-0.39, 0.29) is 22.3 Å². The van der Waals surface area contributed by atoms with Crippen LogP contribution in [0.15, 0.2) is 64.5 Å². The first-order chi connectivity index (χ1) is 16.5. The van der Waals surface area contributed by atoms with Gasteiger partial charge in [0.25, 0.3) is 15.9 Å². The highest BCUT2D eigenvalue weighted by Gasteiger charge is 2.23. The lowest BCUT2D eigenvalue weighted by atomic mass is 10.1. The topological polar surface area (TPSA) is 133 Å². The lowest BCUT2D eigenvalue weighted by molar-refractivity contribution is 0.397. The van der Waals surface area contributed by atoms with E-state index in [4.69, 9.17) is 9.15 Å². The summed E-state index contributed by atoms with van der Waals surface area (Å²) in [6, 6.07) is 9.96. The average Bonchev–Trinajstić information content (AvgIpc) is 3.43. The van der Waals surface area contributed by atoms with Crippen LogP contribution < -0.4 is 9.46 Å². The number of nitrogens with zero attached hydrogens (tertiary/aromatic N) is 5. The van der Waals surface area contributed by atoms with Crippen molar-refractivity contribution in [3.05, 3.63) is 60.9 Å². The summed E-state index contributed by atoms with van der Waals surface area (Å²) < 4.78 is 38.9. The van der Waals surface area contributed by atoms with Gasteiger partial charge in [-0.3, -0.25) is 9.71 Å². The lowest BCUT2D eigenvalue weighted by Gasteiger charge is -2.13. The Morgan fingerprint density at radius 3 is 2.26 bits per heavy atom. The molecule has 0 unspecified atom stereocenters. The third kappa shape index (κ3) is 6.13. The van der Waals surface area contributed by atoms with Crippen molar-refractivity contribution >= 4 is 15.8 Å². The number of ether oxygens (including phenoxy) is 1. The van der Waals surface area contributed by atoms with Crippen molar-refractivity contribution in [2.75, 3.05) is 11.8 Å². The summed E-state index contributed by atoms with van der Waals surface area (Å²) in [6.45, 7) is 9.73. The second-order valence-electron chi connectivity index (χ2n) is 6.15. The first-order valence-electron chi connectivity index (χ1n) is 10.7. The number of benzene rings is 1. The van der Waals surface area contributed by atoms with Crippen molar-refractivity contribution in [2.24, 2.45) is 0 Å². The molecule has 11 heteroatoms. The van der Waals surface area contributed by atoms with Gasteiger partial charge in [-0.15, -0.1) is 10.2 Å². The van der Waals surface area contributed by atoms with Crippen molar-refractivity contribution < 1.29 is 17.6 Å². The summed E-state index contributed by atoms with van der Waals surface area (Å²) in [7, 11) is -2.64. The van der Waals surface area contributed by atoms with Crippen molar-refractivity contribution in [3.8, 4) is 28.6 Å². The first-order valence-corrected chi connectivity index (χ1v) is 12.2. The molecular weight excluding hydrogens is 456 g/mol. The number of rotatable bonds is 6. The Balaban J connectivity index is 0.000000970. The molecule has 34 heavy (non-hydrogen) atoms. The van der Waals surface area contributed by atoms with E-state index in [0.717, 1.165) is 0 Å². The van der Waals surface area contributed by atoms with Gasteiger partial charge in [0.2, 0.25) is 18.1 Å². The van der Waals surface area contributed by atoms with E-state index in [1.165, 1.54) is 32.0 Å². The van der Waals surface area contributed by atoms with Gasteiger partial charge in [-0.1, -0.05) is 39.8 Å². The Labute approximate surface area is 199 Å². The standard InChI is InChI=1S/C19H16N6O4S.2C2H6/c1-12-10-21-17(19(23-12)28-2)25-30(26,27)15-4-3-9-20-16(15)13-5-7-14(8-6-13)18-24-22-11-29-18;2*1-2/h3-11H,1-2H3,(H,21,25);2*1-2H3. The number of aryl methyl sites for hydroxylation is 1. The maximum atomic E-state index is 13.1. The van der Waals surface area contributed by atoms with Gasteiger partial charge in [-0.05, 0) is 31.2 Å². The van der Waals surface area contributed by atoms with Gasteiger partial charge in [0.05, 0.1) is 24.7 Å². The van der Waals surface area contributed by atoms with E-state index in [1.807, 2.05) is 27.7 Å². The molecule has 0 atom stereocenters. The molecule has 0 fully saturated rings. The molecule has 0 saturated heterocycles. The van der Waals surface area contributed by atoms with Crippen LogP contribution in [-0.2, 0) is 10.0 Å². The minimum Gasteiger partial charge on any atom is -0.478 e. The highest BCUT2D eigenvalue weighted by Crippen LogP contribution is 2.29. The van der Waals surface area contributed by atoms with Gasteiger partial charge in [-0.2, -0.15) is 0 Å². The molecule has 0 aliphatic carbocycles. The third-order valence-electron chi connectivity index (χ3n) is 4.11. The second kappa shape index (κ2) is 12.4. The van der Waals surface area contributed by atoms with Crippen LogP contribution in [-0.4, -0.2) is 40.7 Å². The highest BCUT2D eigenvalue weighted by molar-refractivity contribution is 7.92. The van der Waals surface area contributed by atoms with Crippen LogP contribution in [0.4, 0.5) is 5.82 Å². The summed E-state index contributed by atoms with van der Waals surface area (Å²) in [5.74, 6) is 0.430. The molecule has 1 aromatic carbocycles. The summed E-state index contributed by atoms with van der Waals surface area (Å²) in [5.41, 5.74) is 2.18. The van der Waals surface area contributed by atoms with Crippen LogP contribution in [0.3, 0.4) is 0 Å². The van der Waals surface area contributed by atoms with Crippen LogP contribution in [0.5, 0.6) is 5.88 Å². The summed E-state index contributed by atoms with van der Waals surface area (Å²) in [6.07, 6.45) is 4.20. The van der Waals surface area contributed by atoms with E-state index in [2.05, 4.69) is 29.9 Å². The highest BCUT2D eigenvalue weighted by atomic mass is 32.2. The molecule has 3 heterocycles. The normalized spacial score (nSPS) is 10.3. The predicted octanol–water partition coefficient (Wildman–Crippen LogP) is 4.76. The maximum Gasteiger partial charge on any atom is 0.265 e. The van der Waals surface area contributed by atoms with Gasteiger partial charge in [0.15, 0.2) is 0 Å². The monoisotopic (exact) mass is 484 g/mol. The SMILES string of the molecule is CC.CC.COc1nc(C)cnc1NS(=O)(=O)c1cccnc1-c1ccc(-c2nnco2)cc1. The average molecular weight is 485 g/mol. The number of anilines is 1. The number of hydrogen-bond acceptors (Lipinski definition) is 9. The molecule has 4 rings (SSSR count). The van der Waals surface area contributed by atoms with E-state index in [9.17, 15) is 8.42 Å². The molecule has 3 aromatic heterocycles. The number of sulfonamides is 1. The first kappa shape index (κ1) is 26.4. The van der Waals surface area contributed by atoms with Crippen LogP contribution in [0.25, 0.3) is 22.7 Å². The molecule has 0 bridgehead atoms. The van der Waals surface area contributed by atoms with Crippen molar-refractivity contribution in [1.82, 2.24) is 25.1 Å². The minimum atomic E-state index is -4.03. The predicted molar refractivity (Wildman–Crippen MR) is 130 cm³/mol. The molecule has 4 aromatic rings. The Kier molecular flexibility index (Phi) is 9.62. The molecule has 0 aliphatic rings. The molecular formula is C23H28N6O4S. The van der Waals surface area contributed by atoms with E-state index < -0.39 is 10.0 Å². The molecule has 180 valence electrons. The van der Waals surface area contributed by atoms with Crippen molar-refractivity contribution in [2.45, 2.75) is 39.5 Å². The van der Waals surface area contributed by atoms with Crippen molar-refractivity contribution in [3.63, 3.8) is 0 Å². The zero-order valence-corrected chi connectivity index (χ0v) is 20.8. The molecule has 0 aliphatic heterocycles. The number of pyridine rings is 1. The van der Waals surface area contributed by atoms with Gasteiger partial charge < -0.3 is 9.15 Å². The second-order valence-corrected chi connectivity index (χ2v) is 7.80. The third-order valence-corrected chi connectivity index (χ3v) is 5.48. The molecule has 10 nitrogen and oxygen atoms in total. The number of hydrogen-bond donors (Lipinski definition) is 1. The molecule has 0 saturated carbocycles. The zero-order valence-electron chi connectivity index (χ0n) is 20.0. The fourth-order valence-corrected chi connectivity index (χ4v) is 3.93. The number of aromatic nitrogens is 5. The van der Waals surface area contributed by atoms with Crippen LogP contribution in [0, 0.1) is 6.92 Å². The van der Waals surface area contributed by atoms with Crippen LogP contribution >= 0.6 is 0 Å². The van der Waals surface area contributed by atoms with Gasteiger partial charge in [-0.25, -0.2) is 18.4 Å². The molecule has 0 radical (unpaired) electrons. The van der Waals surface area contributed by atoms with Gasteiger partial charge in [0, 0.05) is 17.3 Å². The Hall–Kier alpha value is -3.86. The smallest absolute Gasteiger partial charge is 0.265 e. The lowest BCUT2D eigenvalue weighted by Crippen LogP contribution is -2.16. The van der Waals surface area contributed by atoms with Crippen molar-refractivity contribution in [1.29, 1.82) is 0 Å². The largest absolute Gasteiger partial charge is 0.478 e. The van der Waals surface area contributed by atoms with Gasteiger partial charge in [0.1, 0.15) is 4.90 Å². The van der Waals surface area contributed by atoms with Crippen LogP contribution in [0.1, 0.15) is 33.4 Å². The quantitative estimate of drug-likeness (QED) is 0.411. The molecule has 1 N–H and O–H groups in total. The molecule has 0 amide bonds. The van der Waals surface area contributed by atoms with E-state index in [0.29, 0.717) is 22.7 Å². The zero-order chi connectivity index (χ0) is 25.1. The van der Waals surface area contributed by atoms with E-state index in [1.54, 1.807) is 37.3 Å². The maximum absolute atomic E-state index is 13.1.